The Morgan fingerprint density at radius 1 is 1.46 bits per heavy atom. The van der Waals surface area contributed by atoms with Crippen LogP contribution in [0.4, 0.5) is 0 Å². The Bertz CT molecular complexity index is 948. The van der Waals surface area contributed by atoms with Crippen molar-refractivity contribution in [3.8, 4) is 17.6 Å². The van der Waals surface area contributed by atoms with Gasteiger partial charge in [0.2, 0.25) is 5.44 Å². The number of thioether (sulfide) groups is 1. The number of amides is 1. The van der Waals surface area contributed by atoms with Crippen molar-refractivity contribution in [2.75, 3.05) is 12.9 Å². The highest BCUT2D eigenvalue weighted by Gasteiger charge is 2.25. The number of fused-ring (bicyclic) bond motifs is 1. The quantitative estimate of drug-likeness (QED) is 0.504. The van der Waals surface area contributed by atoms with Gasteiger partial charge in [-0.2, -0.15) is 0 Å². The number of aliphatic hydroxyl groups is 1. The highest BCUT2D eigenvalue weighted by atomic mass is 79.9. The molecule has 0 bridgehead atoms. The lowest BCUT2D eigenvalue weighted by Gasteiger charge is -2.24. The molecule has 0 aliphatic rings. The van der Waals surface area contributed by atoms with E-state index in [-0.39, 0.29) is 12.5 Å². The third kappa shape index (κ3) is 6.26. The van der Waals surface area contributed by atoms with Crippen molar-refractivity contribution in [2.45, 2.75) is 31.7 Å². The first-order chi connectivity index (χ1) is 13.3. The minimum atomic E-state index is -0.734. The van der Waals surface area contributed by atoms with Crippen molar-refractivity contribution in [3.63, 3.8) is 0 Å². The minimum Gasteiger partial charge on any atom is -0.470 e. The normalized spacial score (nSPS) is 12.5. The molecule has 28 heavy (non-hydrogen) atoms. The second kappa shape index (κ2) is 9.97. The van der Waals surface area contributed by atoms with Gasteiger partial charge in [-0.3, -0.25) is 9.78 Å². The molecule has 2 aromatic rings. The predicted octanol–water partition coefficient (Wildman–Crippen LogP) is 3.82. The summed E-state index contributed by atoms with van der Waals surface area (Å²) in [7, 11) is 0. The number of aliphatic hydroxyl groups excluding tert-OH is 1. The molecule has 0 spiro atoms. The summed E-state index contributed by atoms with van der Waals surface area (Å²) in [6.07, 6.45) is 6.67. The van der Waals surface area contributed by atoms with E-state index in [1.165, 1.54) is 17.8 Å². The monoisotopic (exact) mass is 462 g/mol. The van der Waals surface area contributed by atoms with Crippen molar-refractivity contribution < 1.29 is 14.6 Å². The third-order valence-corrected chi connectivity index (χ3v) is 4.88. The Kier molecular flexibility index (Phi) is 7.93. The van der Waals surface area contributed by atoms with E-state index in [2.05, 4.69) is 38.1 Å². The summed E-state index contributed by atoms with van der Waals surface area (Å²) in [6, 6.07) is 5.72. The highest BCUT2D eigenvalue weighted by molar-refractivity contribution is 9.10. The van der Waals surface area contributed by atoms with Gasteiger partial charge in [-0.25, -0.2) is 0 Å². The van der Waals surface area contributed by atoms with Gasteiger partial charge in [0.1, 0.15) is 5.75 Å². The summed E-state index contributed by atoms with van der Waals surface area (Å²) in [5.41, 5.74) is 0.420. The Morgan fingerprint density at radius 2 is 2.21 bits per heavy atom. The fraction of sp³-hybridized carbons (Fsp3) is 0.333. The number of nitrogens with zero attached hydrogens (tertiary/aromatic N) is 1. The number of carbonyl (C=O) groups is 1. The molecular weight excluding hydrogens is 440 g/mol. The van der Waals surface area contributed by atoms with Gasteiger partial charge in [0.15, 0.2) is 0 Å². The van der Waals surface area contributed by atoms with Crippen LogP contribution in [0.2, 0.25) is 0 Å². The molecule has 2 rings (SSSR count). The minimum absolute atomic E-state index is 0.0683. The van der Waals surface area contributed by atoms with Gasteiger partial charge < -0.3 is 15.2 Å². The van der Waals surface area contributed by atoms with Crippen LogP contribution in [0.1, 0.15) is 19.4 Å². The molecular formula is C21H23BrN2O3S. The first-order valence-electron chi connectivity index (χ1n) is 8.61. The topological polar surface area (TPSA) is 71.5 Å². The molecule has 2 N–H and O–H groups in total. The summed E-state index contributed by atoms with van der Waals surface area (Å²) in [5, 5.41) is 12.6. The smallest absolute Gasteiger partial charge is 0.272 e. The van der Waals surface area contributed by atoms with E-state index in [1.54, 1.807) is 12.3 Å². The van der Waals surface area contributed by atoms with Crippen molar-refractivity contribution in [1.82, 2.24) is 10.3 Å². The van der Waals surface area contributed by atoms with Crippen molar-refractivity contribution in [2.24, 2.45) is 0 Å². The molecule has 0 aliphatic carbocycles. The Morgan fingerprint density at radius 3 is 2.89 bits per heavy atom. The number of allylic oxidation sites excluding steroid dienone is 1. The number of ether oxygens (including phenoxy) is 1. The van der Waals surface area contributed by atoms with Crippen LogP contribution in [0.5, 0.6) is 5.75 Å². The van der Waals surface area contributed by atoms with E-state index in [0.717, 1.165) is 20.9 Å². The zero-order valence-corrected chi connectivity index (χ0v) is 18.6. The SMILES string of the molecule is CSC(Oc1cc(C)c2ncc(Br)cc2c1)C(=O)NC(C)(C)C#C/C=C/CO. The molecule has 1 aromatic heterocycles. The Labute approximate surface area is 178 Å². The molecule has 1 atom stereocenters. The lowest BCUT2D eigenvalue weighted by Crippen LogP contribution is -2.47. The number of benzene rings is 1. The molecule has 5 nitrogen and oxygen atoms in total. The maximum Gasteiger partial charge on any atom is 0.272 e. The number of halogens is 1. The van der Waals surface area contributed by atoms with Crippen LogP contribution in [0, 0.1) is 18.8 Å². The number of nitrogens with one attached hydrogen (secondary N) is 1. The molecule has 0 saturated carbocycles. The van der Waals surface area contributed by atoms with E-state index in [0.29, 0.717) is 5.75 Å². The fourth-order valence-corrected chi connectivity index (χ4v) is 3.33. The second-order valence-electron chi connectivity index (χ2n) is 6.62. The molecule has 1 unspecified atom stereocenters. The second-order valence-corrected chi connectivity index (χ2v) is 8.43. The maximum atomic E-state index is 12.7. The summed E-state index contributed by atoms with van der Waals surface area (Å²) >= 11 is 4.74. The van der Waals surface area contributed by atoms with E-state index in [1.807, 2.05) is 45.2 Å². The summed E-state index contributed by atoms with van der Waals surface area (Å²) in [4.78, 5) is 17.1. The molecule has 0 fully saturated rings. The number of carbonyl (C=O) groups excluding carboxylic acids is 1. The van der Waals surface area contributed by atoms with Gasteiger partial charge in [-0.1, -0.05) is 17.9 Å². The zero-order valence-electron chi connectivity index (χ0n) is 16.2. The van der Waals surface area contributed by atoms with E-state index < -0.39 is 11.0 Å². The van der Waals surface area contributed by atoms with Gasteiger partial charge in [-0.05, 0) is 72.8 Å². The van der Waals surface area contributed by atoms with Crippen LogP contribution in [-0.2, 0) is 4.79 Å². The predicted molar refractivity (Wildman–Crippen MR) is 118 cm³/mol. The maximum absolute atomic E-state index is 12.7. The van der Waals surface area contributed by atoms with Crippen LogP contribution >= 0.6 is 27.7 Å². The molecule has 1 heterocycles. The molecule has 0 saturated heterocycles. The van der Waals surface area contributed by atoms with Gasteiger partial charge >= 0.3 is 0 Å². The third-order valence-electron chi connectivity index (χ3n) is 3.71. The number of aryl methyl sites for hydroxylation is 1. The summed E-state index contributed by atoms with van der Waals surface area (Å²) in [5.74, 6) is 6.10. The Hall–Kier alpha value is -2.01. The van der Waals surface area contributed by atoms with E-state index >= 15 is 0 Å². The first-order valence-corrected chi connectivity index (χ1v) is 10.7. The van der Waals surface area contributed by atoms with Crippen LogP contribution < -0.4 is 10.1 Å². The number of aromatic nitrogens is 1. The van der Waals surface area contributed by atoms with Gasteiger partial charge in [0.05, 0.1) is 17.7 Å². The van der Waals surface area contributed by atoms with E-state index in [9.17, 15) is 4.79 Å². The summed E-state index contributed by atoms with van der Waals surface area (Å²) < 4.78 is 6.84. The average Bonchev–Trinajstić information content (AvgIpc) is 2.62. The summed E-state index contributed by atoms with van der Waals surface area (Å²) in [6.45, 7) is 5.51. The number of pyridine rings is 1. The molecule has 7 heteroatoms. The van der Waals surface area contributed by atoms with Crippen LogP contribution in [0.15, 0.2) is 41.0 Å². The first kappa shape index (κ1) is 22.3. The van der Waals surface area contributed by atoms with Gasteiger partial charge in [-0.15, -0.1) is 11.8 Å². The van der Waals surface area contributed by atoms with Crippen molar-refractivity contribution in [1.29, 1.82) is 0 Å². The Balaban J connectivity index is 2.16. The van der Waals surface area contributed by atoms with Gasteiger partial charge in [0.25, 0.3) is 5.91 Å². The number of hydrogen-bond donors (Lipinski definition) is 2. The molecule has 1 amide bonds. The lowest BCUT2D eigenvalue weighted by atomic mass is 10.1. The largest absolute Gasteiger partial charge is 0.470 e. The van der Waals surface area contributed by atoms with E-state index in [4.69, 9.17) is 9.84 Å². The number of rotatable bonds is 6. The fourth-order valence-electron chi connectivity index (χ4n) is 2.50. The highest BCUT2D eigenvalue weighted by Crippen LogP contribution is 2.27. The van der Waals surface area contributed by atoms with Crippen LogP contribution in [0.3, 0.4) is 0 Å². The standard InChI is InChI=1S/C21H23BrN2O3S/c1-14-10-17(12-15-11-16(22)13-23-18(14)15)27-20(28-4)19(26)24-21(2,3)8-6-5-7-9-25/h5,7,10-13,20,25H,9H2,1-4H3,(H,24,26)/b7-5+. The van der Waals surface area contributed by atoms with Crippen molar-refractivity contribution in [3.05, 3.63) is 46.6 Å². The molecule has 1 aromatic carbocycles. The lowest BCUT2D eigenvalue weighted by molar-refractivity contribution is -0.125. The van der Waals surface area contributed by atoms with Crippen molar-refractivity contribution >= 4 is 44.5 Å². The molecule has 0 aliphatic heterocycles. The van der Waals surface area contributed by atoms with Crippen LogP contribution in [-0.4, -0.2) is 39.8 Å². The van der Waals surface area contributed by atoms with Crippen LogP contribution in [0.25, 0.3) is 10.9 Å². The molecule has 148 valence electrons. The number of hydrogen-bond acceptors (Lipinski definition) is 5. The molecule has 0 radical (unpaired) electrons. The van der Waals surface area contributed by atoms with Gasteiger partial charge in [0, 0.05) is 16.1 Å². The average molecular weight is 463 g/mol. The zero-order chi connectivity index (χ0) is 20.7.